The van der Waals surface area contributed by atoms with Gasteiger partial charge in [-0.15, -0.1) is 68.6 Å². The molecule has 0 nitrogen and oxygen atoms in total. The zero-order valence-corrected chi connectivity index (χ0v) is 32.5. The van der Waals surface area contributed by atoms with E-state index in [1.54, 1.807) is 0 Å². The van der Waals surface area contributed by atoms with Crippen molar-refractivity contribution < 1.29 is 23.3 Å². The average Bonchev–Trinajstić information content (AvgIpc) is 3.73. The number of fused-ring (bicyclic) bond motifs is 4. The zero-order valence-electron chi connectivity index (χ0n) is 29.1. The van der Waals surface area contributed by atoms with E-state index in [-0.39, 0.29) is 14.9 Å². The van der Waals surface area contributed by atoms with Gasteiger partial charge in [0.2, 0.25) is 0 Å². The molecule has 1 atom stereocenters. The van der Waals surface area contributed by atoms with Crippen LogP contribution in [0.25, 0.3) is 65.3 Å². The molecular weight excluding hydrogens is 672 g/mol. The summed E-state index contributed by atoms with van der Waals surface area (Å²) in [6, 6.07) is 50.9. The van der Waals surface area contributed by atoms with Gasteiger partial charge in [0.15, 0.2) is 0 Å². The molecule has 0 saturated heterocycles. The summed E-state index contributed by atoms with van der Waals surface area (Å²) in [6.07, 6.45) is 1.18. The predicted octanol–water partition coefficient (Wildman–Crippen LogP) is 13.4. The molecule has 8 aromatic carbocycles. The fraction of sp³-hybridized carbons (Fsp3) is 0.130. The molecule has 0 spiro atoms. The van der Waals surface area contributed by atoms with Crippen molar-refractivity contribution in [3.63, 3.8) is 0 Å². The van der Waals surface area contributed by atoms with Crippen molar-refractivity contribution >= 4 is 50.0 Å². The van der Waals surface area contributed by atoms with Gasteiger partial charge in [0.1, 0.15) is 0 Å². The summed E-state index contributed by atoms with van der Waals surface area (Å²) in [5.41, 5.74) is 9.46. The van der Waals surface area contributed by atoms with E-state index in [4.69, 9.17) is 0 Å². The Labute approximate surface area is 304 Å². The Morgan fingerprint density at radius 2 is 1.06 bits per heavy atom. The molecule has 0 bridgehead atoms. The van der Waals surface area contributed by atoms with E-state index >= 15 is 0 Å². The molecule has 1 unspecified atom stereocenters. The van der Waals surface area contributed by atoms with Crippen LogP contribution < -0.4 is 0 Å². The number of rotatable bonds is 4. The van der Waals surface area contributed by atoms with Crippen molar-refractivity contribution in [3.05, 3.63) is 171 Å². The summed E-state index contributed by atoms with van der Waals surface area (Å²) in [5.74, 6) is 0.614. The third-order valence-electron chi connectivity index (χ3n) is 9.36. The monoisotopic (exact) mass is 714 g/mol. The van der Waals surface area contributed by atoms with Gasteiger partial charge in [-0.1, -0.05) is 142 Å². The van der Waals surface area contributed by atoms with Gasteiger partial charge in [-0.2, -0.15) is 12.1 Å². The van der Waals surface area contributed by atoms with Crippen LogP contribution in [0.15, 0.2) is 140 Å². The van der Waals surface area contributed by atoms with Crippen molar-refractivity contribution in [2.75, 3.05) is 0 Å². The van der Waals surface area contributed by atoms with Crippen molar-refractivity contribution in [1.29, 1.82) is 0 Å². The molecular formula is C46H44SiZr-4. The van der Waals surface area contributed by atoms with E-state index in [1.165, 1.54) is 112 Å². The van der Waals surface area contributed by atoms with Crippen molar-refractivity contribution in [2.24, 2.45) is 0 Å². The van der Waals surface area contributed by atoms with Crippen molar-refractivity contribution in [3.8, 4) is 22.3 Å². The van der Waals surface area contributed by atoms with Crippen LogP contribution in [0.3, 0.4) is 0 Å². The van der Waals surface area contributed by atoms with Gasteiger partial charge in [0.05, 0.1) is 0 Å². The summed E-state index contributed by atoms with van der Waals surface area (Å²) < 4.78 is 0. The van der Waals surface area contributed by atoms with Crippen LogP contribution in [-0.2, 0) is 23.3 Å². The summed E-state index contributed by atoms with van der Waals surface area (Å²) >= 11 is 1.36. The van der Waals surface area contributed by atoms with E-state index < -0.39 is 0 Å². The normalized spacial score (nSPS) is 11.1. The van der Waals surface area contributed by atoms with Crippen LogP contribution >= 0.6 is 0 Å². The molecule has 0 aromatic heterocycles. The average molecular weight is 716 g/mol. The Morgan fingerprint density at radius 1 is 0.562 bits per heavy atom. The zero-order chi connectivity index (χ0) is 32.2. The van der Waals surface area contributed by atoms with Crippen LogP contribution in [-0.4, -0.2) is 6.88 Å². The van der Waals surface area contributed by atoms with Crippen molar-refractivity contribution in [1.82, 2.24) is 0 Å². The first-order valence-corrected chi connectivity index (χ1v) is 20.3. The number of aryl methyl sites for hydroxylation is 2. The summed E-state index contributed by atoms with van der Waals surface area (Å²) in [5, 5.41) is 10.7. The molecule has 8 aromatic rings. The Kier molecular flexibility index (Phi) is 12.7. The molecule has 0 N–H and O–H groups in total. The SMILES string of the molecule is CCC(C)c1cc2c(-c3cccc4ccccc34)cccc2[cH-]1.Cc1cc2c(-c3cccc4ccccc34)ccc(C)c2[cH-]1.[CH3-].[CH3-].[Si]=[Zr]. The van der Waals surface area contributed by atoms with Gasteiger partial charge >= 0.3 is 30.2 Å². The van der Waals surface area contributed by atoms with Gasteiger partial charge in [0, 0.05) is 0 Å². The number of hydrogen-bond acceptors (Lipinski definition) is 0. The molecule has 0 heterocycles. The Balaban J connectivity index is 0.000000199. The third-order valence-corrected chi connectivity index (χ3v) is 9.36. The van der Waals surface area contributed by atoms with Gasteiger partial charge in [-0.25, -0.2) is 0 Å². The number of benzene rings is 6. The molecule has 0 saturated carbocycles. The van der Waals surface area contributed by atoms with Crippen LogP contribution in [0.2, 0.25) is 0 Å². The molecule has 240 valence electrons. The summed E-state index contributed by atoms with van der Waals surface area (Å²) in [7, 11) is 0. The molecule has 0 amide bonds. The molecule has 0 fully saturated rings. The van der Waals surface area contributed by atoms with Gasteiger partial charge < -0.3 is 14.9 Å². The molecule has 48 heavy (non-hydrogen) atoms. The Hall–Kier alpha value is -3.84. The minimum absolute atomic E-state index is 0. The summed E-state index contributed by atoms with van der Waals surface area (Å²) in [6.45, 7) is 12.0. The van der Waals surface area contributed by atoms with Gasteiger partial charge in [-0.3, -0.25) is 0 Å². The van der Waals surface area contributed by atoms with Crippen molar-refractivity contribution in [2.45, 2.75) is 40.0 Å². The van der Waals surface area contributed by atoms with Gasteiger partial charge in [0.25, 0.3) is 0 Å². The van der Waals surface area contributed by atoms with E-state index in [1.807, 2.05) is 0 Å². The maximum atomic E-state index is 3.06. The molecule has 2 heteroatoms. The molecule has 0 aliphatic rings. The predicted molar refractivity (Wildman–Crippen MR) is 212 cm³/mol. The van der Waals surface area contributed by atoms with Crippen LogP contribution in [0.5, 0.6) is 0 Å². The van der Waals surface area contributed by atoms with Crippen LogP contribution in [0, 0.1) is 28.7 Å². The van der Waals surface area contributed by atoms with E-state index in [0.717, 1.165) is 0 Å². The van der Waals surface area contributed by atoms with Gasteiger partial charge in [-0.05, 0) is 38.6 Å². The first-order chi connectivity index (χ1) is 22.5. The summed E-state index contributed by atoms with van der Waals surface area (Å²) in [4.78, 5) is 0. The van der Waals surface area contributed by atoms with E-state index in [9.17, 15) is 0 Å². The Morgan fingerprint density at radius 3 is 1.65 bits per heavy atom. The fourth-order valence-electron chi connectivity index (χ4n) is 6.76. The van der Waals surface area contributed by atoms with E-state index in [0.29, 0.717) is 5.92 Å². The molecule has 0 aliphatic carbocycles. The second kappa shape index (κ2) is 16.5. The van der Waals surface area contributed by atoms with Crippen LogP contribution in [0.4, 0.5) is 0 Å². The molecule has 0 aliphatic heterocycles. The minimum atomic E-state index is 0. The van der Waals surface area contributed by atoms with Crippen LogP contribution in [0.1, 0.15) is 42.9 Å². The fourth-order valence-corrected chi connectivity index (χ4v) is 6.76. The quantitative estimate of drug-likeness (QED) is 0.126. The van der Waals surface area contributed by atoms with E-state index in [2.05, 4.69) is 174 Å². The first-order valence-electron chi connectivity index (χ1n) is 16.1. The molecule has 2 radical (unpaired) electrons. The maximum absolute atomic E-state index is 3.06. The second-order valence-electron chi connectivity index (χ2n) is 12.2. The second-order valence-corrected chi connectivity index (χ2v) is 12.2. The molecule has 8 rings (SSSR count). The standard InChI is InChI=1S/C23H21.C21H17.2CH3.Si.Zr/c1-3-16(2)19-14-18-10-7-13-22(23(18)15-19)21-12-6-9-17-8-4-5-11-20(17)21;1-14-12-20-15(2)10-11-19(21(20)13-14)18-9-5-7-16-6-3-4-8-17(16)18;;;;/h4-16H,3H2,1-2H3;3-13H,1-2H3;2*1H3;;/q4*-1;;. The third kappa shape index (κ3) is 7.26. The first kappa shape index (κ1) is 37.0. The number of hydrogen-bond donors (Lipinski definition) is 0. The topological polar surface area (TPSA) is 0 Å². The Bertz CT molecular complexity index is 2270.